The van der Waals surface area contributed by atoms with Crippen molar-refractivity contribution in [2.75, 3.05) is 32.5 Å². The fraction of sp³-hybridized carbons (Fsp3) is 0.250. The molecule has 21 heavy (non-hydrogen) atoms. The van der Waals surface area contributed by atoms with Gasteiger partial charge in [0.15, 0.2) is 0 Å². The summed E-state index contributed by atoms with van der Waals surface area (Å²) in [6.07, 6.45) is 3.46. The zero-order chi connectivity index (χ0) is 15.1. The van der Waals surface area contributed by atoms with Crippen LogP contribution in [-0.4, -0.2) is 43.0 Å². The molecule has 1 heterocycles. The van der Waals surface area contributed by atoms with Gasteiger partial charge in [-0.3, -0.25) is 9.78 Å². The molecule has 0 aliphatic rings. The first kappa shape index (κ1) is 15.0. The van der Waals surface area contributed by atoms with Crippen LogP contribution in [0.4, 0.5) is 11.4 Å². The molecule has 0 radical (unpaired) electrons. The number of nitrogens with zero attached hydrogens (tertiary/aromatic N) is 2. The van der Waals surface area contributed by atoms with Crippen LogP contribution in [0.15, 0.2) is 48.8 Å². The van der Waals surface area contributed by atoms with E-state index in [-0.39, 0.29) is 5.91 Å². The number of rotatable bonds is 6. The molecule has 0 unspecified atom stereocenters. The van der Waals surface area contributed by atoms with Gasteiger partial charge in [0.05, 0.1) is 0 Å². The molecule has 0 spiro atoms. The van der Waals surface area contributed by atoms with Crippen molar-refractivity contribution >= 4 is 17.3 Å². The van der Waals surface area contributed by atoms with Crippen LogP contribution in [-0.2, 0) is 0 Å². The maximum atomic E-state index is 11.9. The normalized spacial score (nSPS) is 10.4. The molecule has 2 aromatic rings. The fourth-order valence-corrected chi connectivity index (χ4v) is 1.80. The lowest BCUT2D eigenvalue weighted by Gasteiger charge is -2.11. The Balaban J connectivity index is 1.91. The maximum absolute atomic E-state index is 11.9. The van der Waals surface area contributed by atoms with E-state index in [0.29, 0.717) is 12.1 Å². The van der Waals surface area contributed by atoms with E-state index < -0.39 is 0 Å². The zero-order valence-electron chi connectivity index (χ0n) is 12.3. The average Bonchev–Trinajstić information content (AvgIpc) is 2.48. The highest BCUT2D eigenvalue weighted by molar-refractivity contribution is 5.94. The van der Waals surface area contributed by atoms with Crippen LogP contribution in [0.2, 0.25) is 0 Å². The molecule has 2 rings (SSSR count). The van der Waals surface area contributed by atoms with Gasteiger partial charge in [-0.2, -0.15) is 0 Å². The lowest BCUT2D eigenvalue weighted by atomic mass is 10.2. The Morgan fingerprint density at radius 1 is 1.05 bits per heavy atom. The summed E-state index contributed by atoms with van der Waals surface area (Å²) in [6.45, 7) is 1.47. The molecule has 0 fully saturated rings. The predicted octanol–water partition coefficient (Wildman–Crippen LogP) is 2.12. The summed E-state index contributed by atoms with van der Waals surface area (Å²) in [5, 5.41) is 6.14. The second-order valence-electron chi connectivity index (χ2n) is 5.00. The van der Waals surface area contributed by atoms with Crippen LogP contribution in [0.25, 0.3) is 0 Å². The molecule has 0 aliphatic heterocycles. The van der Waals surface area contributed by atoms with Crippen molar-refractivity contribution < 1.29 is 4.79 Å². The Kier molecular flexibility index (Phi) is 5.29. The minimum atomic E-state index is -0.0488. The van der Waals surface area contributed by atoms with Gasteiger partial charge in [-0.1, -0.05) is 0 Å². The molecule has 0 bridgehead atoms. The molecule has 0 aliphatic carbocycles. The number of likely N-dealkylation sites (N-methyl/N-ethyl adjacent to an activating group) is 1. The summed E-state index contributed by atoms with van der Waals surface area (Å²) < 4.78 is 0. The number of hydrogen-bond donors (Lipinski definition) is 2. The van der Waals surface area contributed by atoms with E-state index in [4.69, 9.17) is 0 Å². The van der Waals surface area contributed by atoms with Gasteiger partial charge in [0, 0.05) is 42.4 Å². The quantitative estimate of drug-likeness (QED) is 0.853. The minimum absolute atomic E-state index is 0.0488. The molecule has 0 atom stereocenters. The van der Waals surface area contributed by atoms with Gasteiger partial charge in [0.2, 0.25) is 0 Å². The van der Waals surface area contributed by atoms with Crippen LogP contribution in [0.3, 0.4) is 0 Å². The minimum Gasteiger partial charge on any atom is -0.355 e. The highest BCUT2D eigenvalue weighted by atomic mass is 16.1. The standard InChI is InChI=1S/C16H20N4O/c1-20(2)12-11-18-16(21)13-3-5-14(6-4-13)19-15-7-9-17-10-8-15/h3-10H,11-12H2,1-2H3,(H,17,19)(H,18,21). The van der Waals surface area contributed by atoms with Crippen molar-refractivity contribution in [2.45, 2.75) is 0 Å². The van der Waals surface area contributed by atoms with Crippen molar-refractivity contribution in [2.24, 2.45) is 0 Å². The maximum Gasteiger partial charge on any atom is 0.251 e. The molecule has 5 nitrogen and oxygen atoms in total. The Morgan fingerprint density at radius 3 is 2.29 bits per heavy atom. The second kappa shape index (κ2) is 7.40. The number of carbonyl (C=O) groups is 1. The predicted molar refractivity (Wildman–Crippen MR) is 84.8 cm³/mol. The third-order valence-corrected chi connectivity index (χ3v) is 2.96. The van der Waals surface area contributed by atoms with Crippen molar-refractivity contribution in [3.05, 3.63) is 54.4 Å². The van der Waals surface area contributed by atoms with Crippen LogP contribution >= 0.6 is 0 Å². The monoisotopic (exact) mass is 284 g/mol. The smallest absolute Gasteiger partial charge is 0.251 e. The van der Waals surface area contributed by atoms with Crippen molar-refractivity contribution in [3.63, 3.8) is 0 Å². The Labute approximate surface area is 125 Å². The van der Waals surface area contributed by atoms with E-state index in [2.05, 4.69) is 15.6 Å². The summed E-state index contributed by atoms with van der Waals surface area (Å²) >= 11 is 0. The molecule has 0 saturated carbocycles. The number of pyridine rings is 1. The van der Waals surface area contributed by atoms with Gasteiger partial charge in [-0.15, -0.1) is 0 Å². The molecule has 1 amide bonds. The summed E-state index contributed by atoms with van der Waals surface area (Å²) in [4.78, 5) is 17.9. The van der Waals surface area contributed by atoms with E-state index in [1.165, 1.54) is 0 Å². The van der Waals surface area contributed by atoms with Crippen LogP contribution in [0, 0.1) is 0 Å². The molecule has 1 aromatic carbocycles. The summed E-state index contributed by atoms with van der Waals surface area (Å²) in [5.41, 5.74) is 2.56. The van der Waals surface area contributed by atoms with Gasteiger partial charge < -0.3 is 15.5 Å². The summed E-state index contributed by atoms with van der Waals surface area (Å²) in [6, 6.07) is 11.2. The van der Waals surface area contributed by atoms with Crippen molar-refractivity contribution in [1.82, 2.24) is 15.2 Å². The molecule has 1 aromatic heterocycles. The first-order chi connectivity index (χ1) is 10.1. The van der Waals surface area contributed by atoms with Gasteiger partial charge in [-0.05, 0) is 50.5 Å². The number of hydrogen-bond acceptors (Lipinski definition) is 4. The van der Waals surface area contributed by atoms with E-state index in [9.17, 15) is 4.79 Å². The van der Waals surface area contributed by atoms with Crippen LogP contribution < -0.4 is 10.6 Å². The SMILES string of the molecule is CN(C)CCNC(=O)c1ccc(Nc2ccncc2)cc1. The van der Waals surface area contributed by atoms with Crippen molar-refractivity contribution in [1.29, 1.82) is 0 Å². The molecule has 2 N–H and O–H groups in total. The third-order valence-electron chi connectivity index (χ3n) is 2.96. The number of amides is 1. The van der Waals surface area contributed by atoms with E-state index in [1.54, 1.807) is 12.4 Å². The Bertz CT molecular complexity index is 567. The van der Waals surface area contributed by atoms with E-state index >= 15 is 0 Å². The van der Waals surface area contributed by atoms with Crippen LogP contribution in [0.5, 0.6) is 0 Å². The number of nitrogens with one attached hydrogen (secondary N) is 2. The molecular weight excluding hydrogens is 264 g/mol. The molecule has 110 valence electrons. The second-order valence-corrected chi connectivity index (χ2v) is 5.00. The molecule has 0 saturated heterocycles. The number of anilines is 2. The summed E-state index contributed by atoms with van der Waals surface area (Å²) in [7, 11) is 3.96. The zero-order valence-corrected chi connectivity index (χ0v) is 12.3. The first-order valence-corrected chi connectivity index (χ1v) is 6.85. The average molecular weight is 284 g/mol. The number of benzene rings is 1. The molecule has 5 heteroatoms. The highest BCUT2D eigenvalue weighted by Gasteiger charge is 2.04. The lowest BCUT2D eigenvalue weighted by Crippen LogP contribution is -2.31. The van der Waals surface area contributed by atoms with Crippen LogP contribution in [0.1, 0.15) is 10.4 Å². The van der Waals surface area contributed by atoms with E-state index in [0.717, 1.165) is 17.9 Å². The third kappa shape index (κ3) is 4.89. The number of aromatic nitrogens is 1. The Morgan fingerprint density at radius 2 is 1.67 bits per heavy atom. The number of carbonyl (C=O) groups excluding carboxylic acids is 1. The fourth-order valence-electron chi connectivity index (χ4n) is 1.80. The van der Waals surface area contributed by atoms with Gasteiger partial charge >= 0.3 is 0 Å². The Hall–Kier alpha value is -2.40. The summed E-state index contributed by atoms with van der Waals surface area (Å²) in [5.74, 6) is -0.0488. The van der Waals surface area contributed by atoms with Gasteiger partial charge in [0.1, 0.15) is 0 Å². The topological polar surface area (TPSA) is 57.3 Å². The first-order valence-electron chi connectivity index (χ1n) is 6.85. The molecular formula is C16H20N4O. The van der Waals surface area contributed by atoms with Gasteiger partial charge in [-0.25, -0.2) is 0 Å². The van der Waals surface area contributed by atoms with Crippen molar-refractivity contribution in [3.8, 4) is 0 Å². The highest BCUT2D eigenvalue weighted by Crippen LogP contribution is 2.15. The van der Waals surface area contributed by atoms with E-state index in [1.807, 2.05) is 55.4 Å². The lowest BCUT2D eigenvalue weighted by molar-refractivity contribution is 0.0951. The van der Waals surface area contributed by atoms with Gasteiger partial charge in [0.25, 0.3) is 5.91 Å². The largest absolute Gasteiger partial charge is 0.355 e.